The average molecular weight is 679 g/mol. The molecule has 0 atom stereocenters. The first-order valence-corrected chi connectivity index (χ1v) is 20.1. The fourth-order valence-corrected chi connectivity index (χ4v) is 13.2. The highest BCUT2D eigenvalue weighted by Gasteiger charge is 2.52. The van der Waals surface area contributed by atoms with Crippen molar-refractivity contribution in [3.05, 3.63) is 114 Å². The molecule has 258 valence electrons. The quantitative estimate of drug-likeness (QED) is 0.179. The number of hydrogen-bond acceptors (Lipinski definition) is 4. The largest absolute Gasteiger partial charge is 0.208 e. The molecule has 0 amide bonds. The lowest BCUT2D eigenvalue weighted by Gasteiger charge is -2.57. The van der Waals surface area contributed by atoms with Crippen LogP contribution in [0, 0.1) is 46.8 Å². The Balaban J connectivity index is 0.972. The molecule has 8 fully saturated rings. The summed E-state index contributed by atoms with van der Waals surface area (Å²) >= 11 is 0. The third kappa shape index (κ3) is 5.18. The van der Waals surface area contributed by atoms with E-state index in [1.807, 2.05) is 18.2 Å². The van der Waals surface area contributed by atoms with E-state index in [1.165, 1.54) is 88.2 Å². The fourth-order valence-electron chi connectivity index (χ4n) is 13.2. The Bertz CT molecular complexity index is 2050. The molecule has 0 radical (unpaired) electrons. The van der Waals surface area contributed by atoms with E-state index in [0.717, 1.165) is 75.0 Å². The summed E-state index contributed by atoms with van der Waals surface area (Å²) < 4.78 is 0. The Morgan fingerprint density at radius 1 is 0.423 bits per heavy atom. The van der Waals surface area contributed by atoms with Crippen LogP contribution in [0.2, 0.25) is 0 Å². The molecule has 0 spiro atoms. The van der Waals surface area contributed by atoms with E-state index in [0.29, 0.717) is 22.2 Å². The van der Waals surface area contributed by atoms with Crippen molar-refractivity contribution in [3.8, 4) is 51.4 Å². The molecule has 0 aliphatic heterocycles. The minimum Gasteiger partial charge on any atom is -0.208 e. The third-order valence-electron chi connectivity index (χ3n) is 14.7. The monoisotopic (exact) mass is 678 g/mol. The van der Waals surface area contributed by atoms with E-state index >= 15 is 0 Å². The number of hydrogen-bond donors (Lipinski definition) is 0. The normalized spacial score (nSPS) is 32.2. The van der Waals surface area contributed by atoms with Gasteiger partial charge in [0.1, 0.15) is 0 Å². The summed E-state index contributed by atoms with van der Waals surface area (Å²) in [4.78, 5) is 15.5. The van der Waals surface area contributed by atoms with Gasteiger partial charge in [-0.15, -0.1) is 0 Å². The van der Waals surface area contributed by atoms with Gasteiger partial charge in [0, 0.05) is 16.7 Å². The van der Waals surface area contributed by atoms with E-state index in [1.54, 1.807) is 0 Å². The summed E-state index contributed by atoms with van der Waals surface area (Å²) in [5.74, 6) is 7.66. The molecule has 5 aromatic rings. The molecule has 1 aromatic heterocycles. The van der Waals surface area contributed by atoms with Gasteiger partial charge >= 0.3 is 0 Å². The first-order chi connectivity index (χ1) is 25.5. The highest BCUT2D eigenvalue weighted by molar-refractivity contribution is 5.73. The number of nitrogens with zero attached hydrogens (tertiary/aromatic N) is 4. The summed E-state index contributed by atoms with van der Waals surface area (Å²) in [5, 5.41) is 9.54. The van der Waals surface area contributed by atoms with Gasteiger partial charge in [-0.2, -0.15) is 5.26 Å². The van der Waals surface area contributed by atoms with Crippen LogP contribution in [0.1, 0.15) is 93.7 Å². The highest BCUT2D eigenvalue weighted by atomic mass is 15.0. The molecular weight excluding hydrogens is 633 g/mol. The van der Waals surface area contributed by atoms with Gasteiger partial charge in [-0.25, -0.2) is 15.0 Å². The molecule has 4 aromatic carbocycles. The molecule has 4 nitrogen and oxygen atoms in total. The Morgan fingerprint density at radius 2 is 0.788 bits per heavy atom. The molecule has 52 heavy (non-hydrogen) atoms. The van der Waals surface area contributed by atoms with Crippen molar-refractivity contribution in [2.75, 3.05) is 0 Å². The standard InChI is InChI=1S/C48H46N4/c49-29-30-3-1-4-39(21-30)40-5-2-6-41(22-40)46-51-44(37-7-11-42(12-8-37)47-23-31-15-32(24-47)17-33(16-31)25-47)50-45(52-46)38-9-13-43(14-10-38)48-26-34-18-35(27-48)20-36(19-34)28-48/h1-14,21-22,31-36H,15-20,23-28H2. The summed E-state index contributed by atoms with van der Waals surface area (Å²) in [6, 6.07) is 37.2. The van der Waals surface area contributed by atoms with Crippen molar-refractivity contribution in [1.29, 1.82) is 5.26 Å². The molecule has 8 aliphatic rings. The molecular formula is C48H46N4. The maximum absolute atomic E-state index is 9.54. The van der Waals surface area contributed by atoms with Crippen molar-refractivity contribution in [3.63, 3.8) is 0 Å². The van der Waals surface area contributed by atoms with Gasteiger partial charge < -0.3 is 0 Å². The van der Waals surface area contributed by atoms with Gasteiger partial charge in [-0.1, -0.05) is 78.9 Å². The lowest BCUT2D eigenvalue weighted by Crippen LogP contribution is -2.48. The van der Waals surface area contributed by atoms with E-state index < -0.39 is 0 Å². The number of aromatic nitrogens is 3. The second-order valence-corrected chi connectivity index (χ2v) is 18.1. The predicted molar refractivity (Wildman–Crippen MR) is 206 cm³/mol. The van der Waals surface area contributed by atoms with Crippen molar-refractivity contribution >= 4 is 0 Å². The average Bonchev–Trinajstić information content (AvgIpc) is 3.17. The Hall–Kier alpha value is -4.62. The maximum Gasteiger partial charge on any atom is 0.164 e. The van der Waals surface area contributed by atoms with E-state index in [4.69, 9.17) is 15.0 Å². The van der Waals surface area contributed by atoms with Gasteiger partial charge in [0.2, 0.25) is 0 Å². The highest BCUT2D eigenvalue weighted by Crippen LogP contribution is 2.62. The van der Waals surface area contributed by atoms with Gasteiger partial charge in [-0.3, -0.25) is 0 Å². The van der Waals surface area contributed by atoms with Crippen LogP contribution < -0.4 is 0 Å². The van der Waals surface area contributed by atoms with Crippen molar-refractivity contribution in [1.82, 2.24) is 15.0 Å². The number of rotatable bonds is 6. The van der Waals surface area contributed by atoms with Crippen molar-refractivity contribution in [2.45, 2.75) is 87.9 Å². The number of nitriles is 1. The SMILES string of the molecule is N#Cc1cccc(-c2cccc(-c3nc(-c4ccc(C56CC7CC(CC(C7)C5)C6)cc4)nc(-c4ccc(C56CC7CC(CC(C7)C5)C6)cc4)n3)c2)c1. The lowest BCUT2D eigenvalue weighted by molar-refractivity contribution is -0.00530. The second-order valence-electron chi connectivity index (χ2n) is 18.1. The van der Waals surface area contributed by atoms with Crippen molar-refractivity contribution in [2.24, 2.45) is 35.5 Å². The fraction of sp³-hybridized carbons (Fsp3) is 0.417. The zero-order valence-electron chi connectivity index (χ0n) is 30.0. The van der Waals surface area contributed by atoms with Crippen LogP contribution in [0.4, 0.5) is 0 Å². The third-order valence-corrected chi connectivity index (χ3v) is 14.7. The Morgan fingerprint density at radius 3 is 1.21 bits per heavy atom. The summed E-state index contributed by atoms with van der Waals surface area (Å²) in [5.41, 5.74) is 9.52. The molecule has 1 heterocycles. The van der Waals surface area contributed by atoms with Crippen LogP contribution in [-0.2, 0) is 10.8 Å². The predicted octanol–water partition coefficient (Wildman–Crippen LogP) is 11.3. The minimum atomic E-state index is 0.366. The van der Waals surface area contributed by atoms with Crippen LogP contribution in [0.5, 0.6) is 0 Å². The molecule has 0 saturated heterocycles. The van der Waals surface area contributed by atoms with Gasteiger partial charge in [0.25, 0.3) is 0 Å². The lowest BCUT2D eigenvalue weighted by atomic mass is 9.48. The Labute approximate surface area is 307 Å². The van der Waals surface area contributed by atoms with Crippen molar-refractivity contribution < 1.29 is 0 Å². The maximum atomic E-state index is 9.54. The molecule has 13 rings (SSSR count). The van der Waals surface area contributed by atoms with E-state index in [2.05, 4.69) is 84.9 Å². The zero-order valence-corrected chi connectivity index (χ0v) is 30.0. The molecule has 8 saturated carbocycles. The summed E-state index contributed by atoms with van der Waals surface area (Å²) in [6.45, 7) is 0. The smallest absolute Gasteiger partial charge is 0.164 e. The first-order valence-electron chi connectivity index (χ1n) is 20.1. The molecule has 4 heteroatoms. The van der Waals surface area contributed by atoms with Gasteiger partial charge in [0.15, 0.2) is 17.5 Å². The van der Waals surface area contributed by atoms with Crippen LogP contribution in [-0.4, -0.2) is 15.0 Å². The summed E-state index contributed by atoms with van der Waals surface area (Å²) in [6.07, 6.45) is 17.0. The van der Waals surface area contributed by atoms with Gasteiger partial charge in [-0.05, 0) is 164 Å². The zero-order chi connectivity index (χ0) is 34.4. The topological polar surface area (TPSA) is 62.5 Å². The van der Waals surface area contributed by atoms with Gasteiger partial charge in [0.05, 0.1) is 11.6 Å². The van der Waals surface area contributed by atoms with E-state index in [-0.39, 0.29) is 0 Å². The minimum absolute atomic E-state index is 0.366. The van der Waals surface area contributed by atoms with E-state index in [9.17, 15) is 5.26 Å². The molecule has 0 unspecified atom stereocenters. The summed E-state index contributed by atoms with van der Waals surface area (Å²) in [7, 11) is 0. The molecule has 0 N–H and O–H groups in total. The van der Waals surface area contributed by atoms with Crippen LogP contribution >= 0.6 is 0 Å². The molecule has 8 aliphatic carbocycles. The van der Waals surface area contributed by atoms with Crippen LogP contribution in [0.25, 0.3) is 45.3 Å². The number of benzene rings is 4. The van der Waals surface area contributed by atoms with Crippen LogP contribution in [0.15, 0.2) is 97.1 Å². The first kappa shape index (κ1) is 31.0. The molecule has 8 bridgehead atoms. The van der Waals surface area contributed by atoms with Crippen LogP contribution in [0.3, 0.4) is 0 Å². The Kier molecular flexibility index (Phi) is 6.96. The second kappa shape index (κ2) is 11.7.